The number of ether oxygens (including phenoxy) is 1. The van der Waals surface area contributed by atoms with Gasteiger partial charge in [0.15, 0.2) is 0 Å². The molecule has 1 aromatic carbocycles. The summed E-state index contributed by atoms with van der Waals surface area (Å²) in [5.41, 5.74) is 1.55. The number of methoxy groups -OCH3 is 1. The lowest BCUT2D eigenvalue weighted by Gasteiger charge is -2.14. The second-order valence-corrected chi connectivity index (χ2v) is 4.72. The standard InChI is InChI=1S/C14H18N2O/c1-10(11-3-4-11)9-16-14-7-13(17-2)6-5-12(14)8-15/h5-7,10-11,16H,3-4,9H2,1-2H3. The van der Waals surface area contributed by atoms with E-state index in [1.165, 1.54) is 12.8 Å². The molecular weight excluding hydrogens is 212 g/mol. The first-order valence-electron chi connectivity index (χ1n) is 6.06. The van der Waals surface area contributed by atoms with Crippen LogP contribution in [-0.4, -0.2) is 13.7 Å². The topological polar surface area (TPSA) is 45.0 Å². The first kappa shape index (κ1) is 11.8. The van der Waals surface area contributed by atoms with E-state index in [0.29, 0.717) is 11.5 Å². The van der Waals surface area contributed by atoms with Crippen molar-refractivity contribution in [1.29, 1.82) is 5.26 Å². The van der Waals surface area contributed by atoms with Gasteiger partial charge in [0, 0.05) is 12.6 Å². The molecule has 0 heterocycles. The summed E-state index contributed by atoms with van der Waals surface area (Å²) in [6, 6.07) is 7.69. The van der Waals surface area contributed by atoms with Crippen LogP contribution in [0.25, 0.3) is 0 Å². The number of anilines is 1. The quantitative estimate of drug-likeness (QED) is 0.845. The molecule has 0 bridgehead atoms. The van der Waals surface area contributed by atoms with E-state index >= 15 is 0 Å². The Morgan fingerprint density at radius 3 is 2.88 bits per heavy atom. The monoisotopic (exact) mass is 230 g/mol. The number of rotatable bonds is 5. The number of benzene rings is 1. The van der Waals surface area contributed by atoms with Crippen molar-refractivity contribution in [2.24, 2.45) is 11.8 Å². The van der Waals surface area contributed by atoms with Crippen molar-refractivity contribution in [1.82, 2.24) is 0 Å². The maximum atomic E-state index is 9.04. The molecule has 17 heavy (non-hydrogen) atoms. The van der Waals surface area contributed by atoms with E-state index < -0.39 is 0 Å². The third-order valence-electron chi connectivity index (χ3n) is 3.39. The van der Waals surface area contributed by atoms with Gasteiger partial charge in [0.05, 0.1) is 18.4 Å². The van der Waals surface area contributed by atoms with Gasteiger partial charge in [0.25, 0.3) is 0 Å². The summed E-state index contributed by atoms with van der Waals surface area (Å²) < 4.78 is 5.17. The lowest BCUT2D eigenvalue weighted by molar-refractivity contribution is 0.415. The summed E-state index contributed by atoms with van der Waals surface area (Å²) in [5.74, 6) is 2.33. The SMILES string of the molecule is COc1ccc(C#N)c(NCC(C)C2CC2)c1. The zero-order valence-electron chi connectivity index (χ0n) is 10.4. The Kier molecular flexibility index (Phi) is 3.53. The molecule has 2 rings (SSSR count). The predicted molar refractivity (Wildman–Crippen MR) is 68.1 cm³/mol. The van der Waals surface area contributed by atoms with E-state index in [-0.39, 0.29) is 0 Å². The highest BCUT2D eigenvalue weighted by Gasteiger charge is 2.27. The molecule has 0 amide bonds. The molecule has 1 aromatic rings. The van der Waals surface area contributed by atoms with Crippen molar-refractivity contribution in [2.75, 3.05) is 19.0 Å². The smallest absolute Gasteiger partial charge is 0.121 e. The van der Waals surface area contributed by atoms with Crippen LogP contribution in [-0.2, 0) is 0 Å². The van der Waals surface area contributed by atoms with Crippen molar-refractivity contribution < 1.29 is 4.74 Å². The van der Waals surface area contributed by atoms with Gasteiger partial charge in [-0.3, -0.25) is 0 Å². The summed E-state index contributed by atoms with van der Waals surface area (Å²) in [4.78, 5) is 0. The van der Waals surface area contributed by atoms with Crippen molar-refractivity contribution in [3.63, 3.8) is 0 Å². The van der Waals surface area contributed by atoms with E-state index in [1.807, 2.05) is 12.1 Å². The minimum Gasteiger partial charge on any atom is -0.497 e. The minimum atomic E-state index is 0.674. The fourth-order valence-electron chi connectivity index (χ4n) is 2.00. The third-order valence-corrected chi connectivity index (χ3v) is 3.39. The summed E-state index contributed by atoms with van der Waals surface area (Å²) in [6.07, 6.45) is 2.71. The second-order valence-electron chi connectivity index (χ2n) is 4.72. The first-order valence-corrected chi connectivity index (χ1v) is 6.06. The van der Waals surface area contributed by atoms with Crippen LogP contribution in [0.15, 0.2) is 18.2 Å². The Bertz CT molecular complexity index is 432. The van der Waals surface area contributed by atoms with Gasteiger partial charge in [-0.05, 0) is 36.8 Å². The number of nitrogens with one attached hydrogen (secondary N) is 1. The van der Waals surface area contributed by atoms with E-state index in [4.69, 9.17) is 10.00 Å². The Morgan fingerprint density at radius 2 is 2.29 bits per heavy atom. The zero-order valence-corrected chi connectivity index (χ0v) is 10.4. The maximum absolute atomic E-state index is 9.04. The van der Waals surface area contributed by atoms with Crippen LogP contribution in [0.3, 0.4) is 0 Å². The van der Waals surface area contributed by atoms with E-state index in [9.17, 15) is 0 Å². The van der Waals surface area contributed by atoms with Gasteiger partial charge >= 0.3 is 0 Å². The molecule has 90 valence electrons. The van der Waals surface area contributed by atoms with Gasteiger partial charge in [-0.25, -0.2) is 0 Å². The Morgan fingerprint density at radius 1 is 1.53 bits per heavy atom. The zero-order chi connectivity index (χ0) is 12.3. The normalized spacial score (nSPS) is 16.1. The molecule has 0 aromatic heterocycles. The number of hydrogen-bond acceptors (Lipinski definition) is 3. The molecule has 0 saturated heterocycles. The van der Waals surface area contributed by atoms with Gasteiger partial charge in [-0.2, -0.15) is 5.26 Å². The van der Waals surface area contributed by atoms with Gasteiger partial charge in [-0.1, -0.05) is 6.92 Å². The Hall–Kier alpha value is -1.69. The second kappa shape index (κ2) is 5.09. The van der Waals surface area contributed by atoms with Gasteiger partial charge in [0.1, 0.15) is 11.8 Å². The molecule has 3 nitrogen and oxygen atoms in total. The lowest BCUT2D eigenvalue weighted by atomic mass is 10.1. The number of nitriles is 1. The summed E-state index contributed by atoms with van der Waals surface area (Å²) in [7, 11) is 1.64. The van der Waals surface area contributed by atoms with Gasteiger partial charge < -0.3 is 10.1 Å². The molecule has 0 spiro atoms. The molecule has 1 saturated carbocycles. The van der Waals surface area contributed by atoms with Crippen LogP contribution >= 0.6 is 0 Å². The molecular formula is C14H18N2O. The Labute approximate surface area is 102 Å². The van der Waals surface area contributed by atoms with Crippen molar-refractivity contribution >= 4 is 5.69 Å². The minimum absolute atomic E-state index is 0.674. The van der Waals surface area contributed by atoms with Crippen LogP contribution in [0, 0.1) is 23.2 Å². The lowest BCUT2D eigenvalue weighted by Crippen LogP contribution is -2.13. The molecule has 1 atom stereocenters. The summed E-state index contributed by atoms with van der Waals surface area (Å²) in [6.45, 7) is 3.18. The molecule has 1 fully saturated rings. The van der Waals surface area contributed by atoms with Crippen LogP contribution in [0.5, 0.6) is 5.75 Å². The predicted octanol–water partition coefficient (Wildman–Crippen LogP) is 3.02. The molecule has 1 aliphatic carbocycles. The molecule has 3 heteroatoms. The highest BCUT2D eigenvalue weighted by atomic mass is 16.5. The average Bonchev–Trinajstić information content (AvgIpc) is 3.19. The average molecular weight is 230 g/mol. The number of nitrogens with zero attached hydrogens (tertiary/aromatic N) is 1. The van der Waals surface area contributed by atoms with Crippen molar-refractivity contribution in [2.45, 2.75) is 19.8 Å². The van der Waals surface area contributed by atoms with Crippen LogP contribution in [0.4, 0.5) is 5.69 Å². The van der Waals surface area contributed by atoms with Gasteiger partial charge in [0.2, 0.25) is 0 Å². The maximum Gasteiger partial charge on any atom is 0.121 e. The summed E-state index contributed by atoms with van der Waals surface area (Å²) >= 11 is 0. The van der Waals surface area contributed by atoms with E-state index in [2.05, 4.69) is 18.3 Å². The molecule has 1 N–H and O–H groups in total. The number of hydrogen-bond donors (Lipinski definition) is 1. The highest BCUT2D eigenvalue weighted by molar-refractivity contribution is 5.60. The molecule has 0 aliphatic heterocycles. The van der Waals surface area contributed by atoms with Crippen LogP contribution < -0.4 is 10.1 Å². The summed E-state index contributed by atoms with van der Waals surface area (Å²) in [5, 5.41) is 12.4. The highest BCUT2D eigenvalue weighted by Crippen LogP contribution is 2.36. The van der Waals surface area contributed by atoms with E-state index in [0.717, 1.165) is 23.9 Å². The van der Waals surface area contributed by atoms with Crippen LogP contribution in [0.2, 0.25) is 0 Å². The van der Waals surface area contributed by atoms with E-state index in [1.54, 1.807) is 13.2 Å². The third kappa shape index (κ3) is 2.91. The molecule has 1 unspecified atom stereocenters. The fourth-order valence-corrected chi connectivity index (χ4v) is 2.00. The van der Waals surface area contributed by atoms with Crippen LogP contribution in [0.1, 0.15) is 25.3 Å². The largest absolute Gasteiger partial charge is 0.497 e. The Balaban J connectivity index is 2.04. The fraction of sp³-hybridized carbons (Fsp3) is 0.500. The first-order chi connectivity index (χ1) is 8.24. The van der Waals surface area contributed by atoms with Gasteiger partial charge in [-0.15, -0.1) is 0 Å². The van der Waals surface area contributed by atoms with Crippen molar-refractivity contribution in [3.05, 3.63) is 23.8 Å². The molecule has 0 radical (unpaired) electrons. The van der Waals surface area contributed by atoms with Crippen molar-refractivity contribution in [3.8, 4) is 11.8 Å². The molecule has 1 aliphatic rings.